The zero-order chi connectivity index (χ0) is 12.4. The van der Waals surface area contributed by atoms with E-state index in [0.29, 0.717) is 17.9 Å². The third-order valence-electron chi connectivity index (χ3n) is 3.88. The lowest BCUT2D eigenvalue weighted by molar-refractivity contribution is 0.0476. The number of nitrogens with zero attached hydrogens (tertiary/aromatic N) is 1. The molecule has 2 heterocycles. The predicted octanol–water partition coefficient (Wildman–Crippen LogP) is 1.58. The first-order valence-corrected chi connectivity index (χ1v) is 7.01. The Morgan fingerprint density at radius 3 is 2.71 bits per heavy atom. The number of nitrogens with two attached hydrogens (primary N) is 1. The molecule has 5 atom stereocenters. The van der Waals surface area contributed by atoms with Crippen LogP contribution in [-0.4, -0.2) is 23.2 Å². The van der Waals surface area contributed by atoms with E-state index in [1.807, 2.05) is 11.6 Å². The van der Waals surface area contributed by atoms with Gasteiger partial charge in [-0.25, -0.2) is 4.98 Å². The molecule has 0 spiro atoms. The summed E-state index contributed by atoms with van der Waals surface area (Å²) < 4.78 is 5.88. The minimum Gasteiger partial charge on any atom is -0.375 e. The number of hydrogen-bond acceptors (Lipinski definition) is 5. The van der Waals surface area contributed by atoms with Crippen molar-refractivity contribution in [3.63, 3.8) is 0 Å². The first kappa shape index (κ1) is 13.0. The van der Waals surface area contributed by atoms with Gasteiger partial charge >= 0.3 is 0 Å². The molecule has 96 valence electrons. The quantitative estimate of drug-likeness (QED) is 0.633. The van der Waals surface area contributed by atoms with Gasteiger partial charge in [0.1, 0.15) is 0 Å². The zero-order valence-corrected chi connectivity index (χ0v) is 11.4. The summed E-state index contributed by atoms with van der Waals surface area (Å²) >= 11 is 1.68. The maximum Gasteiger partial charge on any atom is 0.0940 e. The average molecular weight is 255 g/mol. The minimum atomic E-state index is 0.232. The minimum absolute atomic E-state index is 0.232. The van der Waals surface area contributed by atoms with Crippen LogP contribution in [0.5, 0.6) is 0 Å². The van der Waals surface area contributed by atoms with Crippen LogP contribution in [0.2, 0.25) is 0 Å². The molecule has 5 unspecified atom stereocenters. The van der Waals surface area contributed by atoms with Crippen molar-refractivity contribution in [1.82, 2.24) is 10.4 Å². The van der Waals surface area contributed by atoms with Gasteiger partial charge < -0.3 is 4.74 Å². The van der Waals surface area contributed by atoms with E-state index in [0.717, 1.165) is 11.4 Å². The van der Waals surface area contributed by atoms with Gasteiger partial charge in [0.25, 0.3) is 0 Å². The van der Waals surface area contributed by atoms with Gasteiger partial charge in [-0.2, -0.15) is 0 Å². The summed E-state index contributed by atoms with van der Waals surface area (Å²) in [5.41, 5.74) is 2.95. The van der Waals surface area contributed by atoms with E-state index in [2.05, 4.69) is 31.2 Å². The van der Waals surface area contributed by atoms with E-state index < -0.39 is 0 Å². The van der Waals surface area contributed by atoms with Crippen LogP contribution in [0.4, 0.5) is 0 Å². The fourth-order valence-electron chi connectivity index (χ4n) is 2.84. The van der Waals surface area contributed by atoms with E-state index in [1.165, 1.54) is 0 Å². The van der Waals surface area contributed by atoms with Crippen molar-refractivity contribution in [2.24, 2.45) is 17.7 Å². The highest BCUT2D eigenvalue weighted by atomic mass is 32.1. The van der Waals surface area contributed by atoms with Gasteiger partial charge in [-0.1, -0.05) is 6.92 Å². The number of nitrogens with one attached hydrogen (secondary N) is 1. The number of thiazole rings is 1. The van der Waals surface area contributed by atoms with Crippen molar-refractivity contribution in [1.29, 1.82) is 0 Å². The Labute approximate surface area is 107 Å². The van der Waals surface area contributed by atoms with Gasteiger partial charge in [-0.15, -0.1) is 11.3 Å². The molecule has 1 aromatic heterocycles. The molecule has 1 fully saturated rings. The maximum atomic E-state index is 5.88. The normalized spacial score (nSPS) is 35.1. The molecule has 0 bridgehead atoms. The van der Waals surface area contributed by atoms with E-state index in [4.69, 9.17) is 10.6 Å². The van der Waals surface area contributed by atoms with E-state index in [1.54, 1.807) is 11.3 Å². The van der Waals surface area contributed by atoms with Crippen molar-refractivity contribution in [2.75, 3.05) is 0 Å². The molecule has 17 heavy (non-hydrogen) atoms. The van der Waals surface area contributed by atoms with Gasteiger partial charge in [-0.3, -0.25) is 11.3 Å². The lowest BCUT2D eigenvalue weighted by Gasteiger charge is -2.27. The molecule has 0 radical (unpaired) electrons. The standard InChI is InChI=1S/C12H21N3OS/c1-7-8(2)16-9(3)12(7)10(15-13)6-11-14-4-5-17-11/h4-5,7-10,12,15H,6,13H2,1-3H3. The van der Waals surface area contributed by atoms with Crippen LogP contribution in [0.25, 0.3) is 0 Å². The van der Waals surface area contributed by atoms with Crippen molar-refractivity contribution >= 4 is 11.3 Å². The van der Waals surface area contributed by atoms with Crippen LogP contribution in [0, 0.1) is 11.8 Å². The summed E-state index contributed by atoms with van der Waals surface area (Å²) in [5, 5.41) is 3.13. The van der Waals surface area contributed by atoms with E-state index >= 15 is 0 Å². The van der Waals surface area contributed by atoms with Crippen molar-refractivity contribution in [3.05, 3.63) is 16.6 Å². The molecule has 2 rings (SSSR count). The van der Waals surface area contributed by atoms with Gasteiger partial charge in [-0.05, 0) is 19.8 Å². The Balaban J connectivity index is 2.07. The zero-order valence-electron chi connectivity index (χ0n) is 10.6. The fraction of sp³-hybridized carbons (Fsp3) is 0.750. The van der Waals surface area contributed by atoms with Gasteiger partial charge in [0.05, 0.1) is 17.2 Å². The molecular weight excluding hydrogens is 234 g/mol. The van der Waals surface area contributed by atoms with E-state index in [-0.39, 0.29) is 12.1 Å². The van der Waals surface area contributed by atoms with Crippen molar-refractivity contribution in [2.45, 2.75) is 45.4 Å². The van der Waals surface area contributed by atoms with Crippen LogP contribution < -0.4 is 11.3 Å². The van der Waals surface area contributed by atoms with E-state index in [9.17, 15) is 0 Å². The molecule has 0 saturated carbocycles. The predicted molar refractivity (Wildman–Crippen MR) is 69.6 cm³/mol. The fourth-order valence-corrected chi connectivity index (χ4v) is 3.51. The lowest BCUT2D eigenvalue weighted by atomic mass is 9.82. The summed E-state index contributed by atoms with van der Waals surface area (Å²) in [4.78, 5) is 4.33. The molecule has 1 aliphatic heterocycles. The molecular formula is C12H21N3OS. The summed E-state index contributed by atoms with van der Waals surface area (Å²) in [5.74, 6) is 6.67. The molecule has 5 heteroatoms. The summed E-state index contributed by atoms with van der Waals surface area (Å²) in [7, 11) is 0. The number of aromatic nitrogens is 1. The second kappa shape index (κ2) is 5.44. The maximum absolute atomic E-state index is 5.88. The summed E-state index contributed by atoms with van der Waals surface area (Å²) in [6.45, 7) is 6.51. The molecule has 0 aliphatic carbocycles. The Bertz CT molecular complexity index is 344. The topological polar surface area (TPSA) is 60.2 Å². The Morgan fingerprint density at radius 1 is 1.47 bits per heavy atom. The second-order valence-corrected chi connectivity index (χ2v) is 5.87. The van der Waals surface area contributed by atoms with Crippen LogP contribution in [0.15, 0.2) is 11.6 Å². The van der Waals surface area contributed by atoms with Crippen LogP contribution >= 0.6 is 11.3 Å². The second-order valence-electron chi connectivity index (χ2n) is 4.89. The average Bonchev–Trinajstić information content (AvgIpc) is 2.87. The van der Waals surface area contributed by atoms with Crippen LogP contribution in [0.3, 0.4) is 0 Å². The summed E-state index contributed by atoms with van der Waals surface area (Å²) in [6, 6.07) is 0.232. The van der Waals surface area contributed by atoms with Crippen molar-refractivity contribution in [3.8, 4) is 0 Å². The lowest BCUT2D eigenvalue weighted by Crippen LogP contribution is -2.46. The number of hydrogen-bond donors (Lipinski definition) is 2. The van der Waals surface area contributed by atoms with Gasteiger partial charge in [0, 0.05) is 30.0 Å². The summed E-state index contributed by atoms with van der Waals surface area (Å²) in [6.07, 6.45) is 3.28. The Kier molecular flexibility index (Phi) is 4.14. The Hall–Kier alpha value is -0.490. The highest BCUT2D eigenvalue weighted by molar-refractivity contribution is 7.09. The number of rotatable bonds is 4. The van der Waals surface area contributed by atoms with Gasteiger partial charge in [0.2, 0.25) is 0 Å². The molecule has 1 saturated heterocycles. The molecule has 1 aromatic rings. The van der Waals surface area contributed by atoms with Gasteiger partial charge in [0.15, 0.2) is 0 Å². The molecule has 0 amide bonds. The van der Waals surface area contributed by atoms with Crippen LogP contribution in [0.1, 0.15) is 25.8 Å². The van der Waals surface area contributed by atoms with Crippen molar-refractivity contribution < 1.29 is 4.74 Å². The third-order valence-corrected chi connectivity index (χ3v) is 4.68. The molecule has 1 aliphatic rings. The SMILES string of the molecule is CC1OC(C)C(C(Cc2nccs2)NN)C1C. The van der Waals surface area contributed by atoms with Crippen LogP contribution in [-0.2, 0) is 11.2 Å². The third kappa shape index (κ3) is 2.68. The highest BCUT2D eigenvalue weighted by Crippen LogP contribution is 2.35. The molecule has 0 aromatic carbocycles. The molecule has 3 N–H and O–H groups in total. The number of hydrazine groups is 1. The highest BCUT2D eigenvalue weighted by Gasteiger charge is 2.41. The monoisotopic (exact) mass is 255 g/mol. The first-order valence-electron chi connectivity index (χ1n) is 6.13. The first-order chi connectivity index (χ1) is 8.13. The largest absolute Gasteiger partial charge is 0.375 e. The Morgan fingerprint density at radius 2 is 2.24 bits per heavy atom. The smallest absolute Gasteiger partial charge is 0.0940 e. The number of ether oxygens (including phenoxy) is 1. The molecule has 4 nitrogen and oxygen atoms in total.